The molecular weight excluding hydrogens is 250 g/mol. The van der Waals surface area contributed by atoms with Gasteiger partial charge in [0.15, 0.2) is 0 Å². The van der Waals surface area contributed by atoms with Gasteiger partial charge in [-0.05, 0) is 5.41 Å². The molecule has 0 unspecified atom stereocenters. The number of hydrogen-bond donors (Lipinski definition) is 3. The first-order valence-electron chi connectivity index (χ1n) is 6.03. The van der Waals surface area contributed by atoms with E-state index in [0.717, 1.165) is 0 Å². The molecule has 0 saturated heterocycles. The first-order valence-corrected chi connectivity index (χ1v) is 6.03. The molecule has 0 aromatic rings. The Hall–Kier alpha value is -1.79. The lowest BCUT2D eigenvalue weighted by Gasteiger charge is -2.27. The maximum Gasteiger partial charge on any atom is 0.326 e. The Labute approximate surface area is 113 Å². The summed E-state index contributed by atoms with van der Waals surface area (Å²) in [5.41, 5.74) is -0.595. The molecule has 19 heavy (non-hydrogen) atoms. The number of carbonyl (C=O) groups excluding carboxylic acids is 2. The van der Waals surface area contributed by atoms with Crippen molar-refractivity contribution >= 4 is 17.9 Å². The average Bonchev–Trinajstić information content (AvgIpc) is 2.23. The zero-order valence-electron chi connectivity index (χ0n) is 12.1. The highest BCUT2D eigenvalue weighted by atomic mass is 16.4. The highest BCUT2D eigenvalue weighted by Crippen LogP contribution is 2.19. The largest absolute Gasteiger partial charge is 0.480 e. The fourth-order valence-corrected chi connectivity index (χ4v) is 1.34. The normalized spacial score (nSPS) is 12.5. The van der Waals surface area contributed by atoms with Crippen LogP contribution in [-0.4, -0.2) is 54.6 Å². The first-order chi connectivity index (χ1) is 8.55. The maximum atomic E-state index is 11.5. The molecule has 0 saturated carbocycles. The minimum absolute atomic E-state index is 0.106. The third-order valence-corrected chi connectivity index (χ3v) is 2.51. The van der Waals surface area contributed by atoms with Crippen molar-refractivity contribution in [3.8, 4) is 0 Å². The van der Waals surface area contributed by atoms with Crippen molar-refractivity contribution in [1.29, 1.82) is 0 Å². The van der Waals surface area contributed by atoms with Crippen molar-refractivity contribution < 1.29 is 19.5 Å². The molecule has 0 aromatic carbocycles. The number of carbonyl (C=O) groups is 3. The summed E-state index contributed by atoms with van der Waals surface area (Å²) in [7, 11) is 3.25. The molecule has 7 nitrogen and oxygen atoms in total. The van der Waals surface area contributed by atoms with E-state index in [2.05, 4.69) is 10.6 Å². The van der Waals surface area contributed by atoms with E-state index < -0.39 is 23.5 Å². The van der Waals surface area contributed by atoms with Crippen molar-refractivity contribution in [2.75, 3.05) is 20.6 Å². The molecule has 110 valence electrons. The van der Waals surface area contributed by atoms with Crippen LogP contribution in [0.15, 0.2) is 0 Å². The second-order valence-corrected chi connectivity index (χ2v) is 5.58. The fraction of sp³-hybridized carbons (Fsp3) is 0.750. The number of rotatable bonds is 5. The van der Waals surface area contributed by atoms with Gasteiger partial charge in [0.05, 0.1) is 0 Å². The van der Waals surface area contributed by atoms with Gasteiger partial charge in [0.2, 0.25) is 5.91 Å². The highest BCUT2D eigenvalue weighted by Gasteiger charge is 2.32. The molecule has 0 aliphatic heterocycles. The first kappa shape index (κ1) is 17.2. The number of carboxylic acid groups (broad SMARTS) is 1. The van der Waals surface area contributed by atoms with Crippen LogP contribution in [-0.2, 0) is 9.59 Å². The van der Waals surface area contributed by atoms with Crippen LogP contribution in [0.1, 0.15) is 27.2 Å². The van der Waals surface area contributed by atoms with Crippen LogP contribution in [0.2, 0.25) is 0 Å². The predicted octanol–water partition coefficient (Wildman–Crippen LogP) is 0.263. The van der Waals surface area contributed by atoms with Gasteiger partial charge in [0, 0.05) is 27.1 Å². The SMILES string of the molecule is CN(C)C(=O)CCNC(=O)N[C@@H](C(=O)O)C(C)(C)C. The van der Waals surface area contributed by atoms with E-state index in [9.17, 15) is 14.4 Å². The maximum absolute atomic E-state index is 11.5. The van der Waals surface area contributed by atoms with Crippen LogP contribution in [0.25, 0.3) is 0 Å². The molecule has 0 aliphatic carbocycles. The monoisotopic (exact) mass is 273 g/mol. The van der Waals surface area contributed by atoms with Crippen LogP contribution in [0.4, 0.5) is 4.79 Å². The van der Waals surface area contributed by atoms with Crippen molar-refractivity contribution in [3.63, 3.8) is 0 Å². The van der Waals surface area contributed by atoms with Gasteiger partial charge in [-0.2, -0.15) is 0 Å². The van der Waals surface area contributed by atoms with Gasteiger partial charge in [-0.3, -0.25) is 4.79 Å². The molecule has 0 aromatic heterocycles. The van der Waals surface area contributed by atoms with Crippen LogP contribution < -0.4 is 10.6 Å². The molecule has 0 rings (SSSR count). The Morgan fingerprint density at radius 3 is 2.11 bits per heavy atom. The van der Waals surface area contributed by atoms with Crippen LogP contribution in [0.5, 0.6) is 0 Å². The Kier molecular flexibility index (Phi) is 6.31. The van der Waals surface area contributed by atoms with Gasteiger partial charge in [-0.25, -0.2) is 9.59 Å². The standard InChI is InChI=1S/C12H23N3O4/c1-12(2,3)9(10(17)18)14-11(19)13-7-6-8(16)15(4)5/h9H,6-7H2,1-5H3,(H,17,18)(H2,13,14,19)/t9-/m0/s1. The summed E-state index contributed by atoms with van der Waals surface area (Å²) in [6, 6.07) is -1.58. The van der Waals surface area contributed by atoms with E-state index in [0.29, 0.717) is 0 Å². The molecule has 0 aliphatic rings. The van der Waals surface area contributed by atoms with Crippen molar-refractivity contribution in [2.45, 2.75) is 33.2 Å². The quantitative estimate of drug-likeness (QED) is 0.669. The van der Waals surface area contributed by atoms with Crippen molar-refractivity contribution in [1.82, 2.24) is 15.5 Å². The topological polar surface area (TPSA) is 98.7 Å². The van der Waals surface area contributed by atoms with Gasteiger partial charge in [-0.15, -0.1) is 0 Å². The Morgan fingerprint density at radius 1 is 1.21 bits per heavy atom. The van der Waals surface area contributed by atoms with Crippen molar-refractivity contribution in [2.24, 2.45) is 5.41 Å². The summed E-state index contributed by atoms with van der Waals surface area (Å²) in [5.74, 6) is -1.20. The number of nitrogens with one attached hydrogen (secondary N) is 2. The molecule has 1 atom stereocenters. The number of aliphatic carboxylic acids is 1. The number of urea groups is 1. The Bertz CT molecular complexity index is 347. The Balaban J connectivity index is 4.23. The van der Waals surface area contributed by atoms with E-state index in [1.807, 2.05) is 0 Å². The lowest BCUT2D eigenvalue weighted by Crippen LogP contribution is -2.52. The summed E-state index contributed by atoms with van der Waals surface area (Å²) in [6.07, 6.45) is 0.174. The molecule has 0 fully saturated rings. The van der Waals surface area contributed by atoms with Crippen LogP contribution in [0.3, 0.4) is 0 Å². The lowest BCUT2D eigenvalue weighted by atomic mass is 9.87. The lowest BCUT2D eigenvalue weighted by molar-refractivity contribution is -0.142. The second kappa shape index (κ2) is 6.96. The van der Waals surface area contributed by atoms with Crippen LogP contribution in [0, 0.1) is 5.41 Å². The molecule has 0 spiro atoms. The number of hydrogen-bond acceptors (Lipinski definition) is 3. The molecule has 0 radical (unpaired) electrons. The Morgan fingerprint density at radius 2 is 1.74 bits per heavy atom. The highest BCUT2D eigenvalue weighted by molar-refractivity contribution is 5.83. The number of nitrogens with zero attached hydrogens (tertiary/aromatic N) is 1. The smallest absolute Gasteiger partial charge is 0.326 e. The molecule has 7 heteroatoms. The van der Waals surface area contributed by atoms with Gasteiger partial charge in [-0.1, -0.05) is 20.8 Å². The van der Waals surface area contributed by atoms with Gasteiger partial charge in [0.1, 0.15) is 6.04 Å². The average molecular weight is 273 g/mol. The predicted molar refractivity (Wildman–Crippen MR) is 70.7 cm³/mol. The van der Waals surface area contributed by atoms with Gasteiger partial charge < -0.3 is 20.6 Å². The van der Waals surface area contributed by atoms with Gasteiger partial charge >= 0.3 is 12.0 Å². The minimum atomic E-state index is -1.09. The molecular formula is C12H23N3O4. The molecule has 0 bridgehead atoms. The summed E-state index contributed by atoms with van der Waals surface area (Å²) < 4.78 is 0. The van der Waals surface area contributed by atoms with E-state index in [-0.39, 0.29) is 18.9 Å². The molecule has 0 heterocycles. The van der Waals surface area contributed by atoms with E-state index in [1.165, 1.54) is 4.90 Å². The van der Waals surface area contributed by atoms with Gasteiger partial charge in [0.25, 0.3) is 0 Å². The van der Waals surface area contributed by atoms with Crippen molar-refractivity contribution in [3.05, 3.63) is 0 Å². The zero-order valence-corrected chi connectivity index (χ0v) is 12.1. The number of carboxylic acids is 1. The fourth-order valence-electron chi connectivity index (χ4n) is 1.34. The van der Waals surface area contributed by atoms with E-state index in [4.69, 9.17) is 5.11 Å². The second-order valence-electron chi connectivity index (χ2n) is 5.58. The third-order valence-electron chi connectivity index (χ3n) is 2.51. The number of amides is 3. The summed E-state index contributed by atoms with van der Waals surface area (Å²) in [6.45, 7) is 5.34. The molecule has 3 N–H and O–H groups in total. The summed E-state index contributed by atoms with van der Waals surface area (Å²) in [5, 5.41) is 13.9. The zero-order chi connectivity index (χ0) is 15.2. The summed E-state index contributed by atoms with van der Waals surface area (Å²) >= 11 is 0. The molecule has 3 amide bonds. The van der Waals surface area contributed by atoms with Crippen LogP contribution >= 0.6 is 0 Å². The van der Waals surface area contributed by atoms with E-state index in [1.54, 1.807) is 34.9 Å². The minimum Gasteiger partial charge on any atom is -0.480 e. The third kappa shape index (κ3) is 6.64. The summed E-state index contributed by atoms with van der Waals surface area (Å²) in [4.78, 5) is 35.3. The van der Waals surface area contributed by atoms with E-state index >= 15 is 0 Å².